The number of benzene rings is 2. The van der Waals surface area contributed by atoms with Crippen molar-refractivity contribution in [1.29, 1.82) is 0 Å². The van der Waals surface area contributed by atoms with Crippen molar-refractivity contribution in [2.45, 2.75) is 62.6 Å². The molecule has 2 aromatic carbocycles. The number of hydrogen-bond acceptors (Lipinski definition) is 3. The van der Waals surface area contributed by atoms with Gasteiger partial charge in [-0.1, -0.05) is 42.5 Å². The maximum Gasteiger partial charge on any atom is 0.115 e. The van der Waals surface area contributed by atoms with Crippen molar-refractivity contribution in [3.8, 4) is 5.75 Å². The molecular formula is C23H30N2O. The normalized spacial score (nSPS) is 26.7. The molecule has 2 bridgehead atoms. The molecule has 0 aliphatic carbocycles. The van der Waals surface area contributed by atoms with E-state index in [1.54, 1.807) is 6.07 Å². The minimum absolute atomic E-state index is 0.246. The molecule has 26 heavy (non-hydrogen) atoms. The lowest BCUT2D eigenvalue weighted by atomic mass is 9.84. The molecule has 2 saturated heterocycles. The molecule has 0 amide bonds. The minimum Gasteiger partial charge on any atom is -0.508 e. The molecular weight excluding hydrogens is 320 g/mol. The van der Waals surface area contributed by atoms with Crippen molar-refractivity contribution in [2.75, 3.05) is 6.54 Å². The Hall–Kier alpha value is -1.84. The summed E-state index contributed by atoms with van der Waals surface area (Å²) in [5.41, 5.74) is 9.18. The summed E-state index contributed by atoms with van der Waals surface area (Å²) in [6.07, 6.45) is 7.11. The molecule has 1 unspecified atom stereocenters. The minimum atomic E-state index is 0.246. The molecule has 0 spiro atoms. The highest BCUT2D eigenvalue weighted by Crippen LogP contribution is 2.43. The monoisotopic (exact) mass is 350 g/mol. The first-order valence-corrected chi connectivity index (χ1v) is 10.0. The first kappa shape index (κ1) is 17.6. The third-order valence-corrected chi connectivity index (χ3v) is 6.32. The second kappa shape index (κ2) is 7.81. The zero-order chi connectivity index (χ0) is 17.9. The van der Waals surface area contributed by atoms with Crippen LogP contribution in [0.25, 0.3) is 0 Å². The van der Waals surface area contributed by atoms with Crippen LogP contribution in [0.1, 0.15) is 49.1 Å². The fourth-order valence-corrected chi connectivity index (χ4v) is 4.98. The molecule has 0 aromatic heterocycles. The molecule has 3 N–H and O–H groups in total. The smallest absolute Gasteiger partial charge is 0.115 e. The number of fused-ring (bicyclic) bond motifs is 2. The van der Waals surface area contributed by atoms with Crippen LogP contribution in [0.15, 0.2) is 54.6 Å². The molecule has 0 radical (unpaired) electrons. The van der Waals surface area contributed by atoms with Crippen molar-refractivity contribution in [2.24, 2.45) is 5.73 Å². The fraction of sp³-hybridized carbons (Fsp3) is 0.478. The zero-order valence-corrected chi connectivity index (χ0v) is 15.4. The summed E-state index contributed by atoms with van der Waals surface area (Å²) in [6, 6.07) is 20.1. The highest BCUT2D eigenvalue weighted by Gasteiger charge is 2.41. The van der Waals surface area contributed by atoms with Gasteiger partial charge < -0.3 is 10.8 Å². The standard InChI is InChI=1S/C23H30N2O/c24-20(10-9-17-5-2-1-3-6-17)16-25-21-11-12-22(25)14-19(13-21)18-7-4-8-23(26)15-18/h1-8,15,19-22,26H,9-14,16,24H2/t19-,20?,21+,22-. The van der Waals surface area contributed by atoms with Crippen LogP contribution < -0.4 is 5.73 Å². The Morgan fingerprint density at radius 2 is 1.73 bits per heavy atom. The van der Waals surface area contributed by atoms with Crippen LogP contribution in [0, 0.1) is 0 Å². The van der Waals surface area contributed by atoms with Crippen LogP contribution in [-0.4, -0.2) is 34.7 Å². The lowest BCUT2D eigenvalue weighted by Crippen LogP contribution is -2.48. The third kappa shape index (κ3) is 3.94. The molecule has 4 atom stereocenters. The van der Waals surface area contributed by atoms with E-state index in [0.717, 1.165) is 19.4 Å². The van der Waals surface area contributed by atoms with Crippen molar-refractivity contribution >= 4 is 0 Å². The third-order valence-electron chi connectivity index (χ3n) is 6.32. The van der Waals surface area contributed by atoms with Crippen molar-refractivity contribution < 1.29 is 5.11 Å². The molecule has 2 heterocycles. The highest BCUT2D eigenvalue weighted by molar-refractivity contribution is 5.30. The first-order valence-electron chi connectivity index (χ1n) is 10.0. The van der Waals surface area contributed by atoms with Gasteiger partial charge in [0, 0.05) is 24.7 Å². The van der Waals surface area contributed by atoms with E-state index >= 15 is 0 Å². The van der Waals surface area contributed by atoms with E-state index in [4.69, 9.17) is 5.73 Å². The number of piperidine rings is 1. The van der Waals surface area contributed by atoms with Gasteiger partial charge in [0.15, 0.2) is 0 Å². The summed E-state index contributed by atoms with van der Waals surface area (Å²) in [5, 5.41) is 9.79. The molecule has 2 aliphatic rings. The quantitative estimate of drug-likeness (QED) is 0.826. The lowest BCUT2D eigenvalue weighted by Gasteiger charge is -2.40. The number of aromatic hydroxyl groups is 1. The van der Waals surface area contributed by atoms with Gasteiger partial charge in [-0.2, -0.15) is 0 Å². The van der Waals surface area contributed by atoms with E-state index in [1.165, 1.54) is 36.8 Å². The maximum absolute atomic E-state index is 9.79. The summed E-state index contributed by atoms with van der Waals surface area (Å²) in [4.78, 5) is 2.69. The second-order valence-electron chi connectivity index (χ2n) is 8.13. The molecule has 3 heteroatoms. The number of nitrogens with two attached hydrogens (primary N) is 1. The SMILES string of the molecule is NC(CCc1ccccc1)CN1[C@@H]2CC[C@H]1C[C@@H](c1cccc(O)c1)C2. The van der Waals surface area contributed by atoms with Gasteiger partial charge in [-0.3, -0.25) is 4.90 Å². The Balaban J connectivity index is 1.33. The highest BCUT2D eigenvalue weighted by atomic mass is 16.3. The predicted molar refractivity (Wildman–Crippen MR) is 106 cm³/mol. The summed E-state index contributed by atoms with van der Waals surface area (Å²) < 4.78 is 0. The van der Waals surface area contributed by atoms with Gasteiger partial charge in [0.2, 0.25) is 0 Å². The van der Waals surface area contributed by atoms with Crippen LogP contribution in [-0.2, 0) is 6.42 Å². The number of hydrogen-bond donors (Lipinski definition) is 2. The van der Waals surface area contributed by atoms with Crippen molar-refractivity contribution in [3.05, 3.63) is 65.7 Å². The van der Waals surface area contributed by atoms with Gasteiger partial charge in [-0.15, -0.1) is 0 Å². The Morgan fingerprint density at radius 1 is 1.00 bits per heavy atom. The molecule has 2 aliphatic heterocycles. The molecule has 2 aromatic rings. The van der Waals surface area contributed by atoms with Gasteiger partial charge in [0.25, 0.3) is 0 Å². The Labute approximate surface area is 156 Å². The second-order valence-corrected chi connectivity index (χ2v) is 8.13. The fourth-order valence-electron chi connectivity index (χ4n) is 4.98. The first-order chi connectivity index (χ1) is 12.7. The van der Waals surface area contributed by atoms with E-state index in [0.29, 0.717) is 23.8 Å². The predicted octanol–water partition coefficient (Wildman–Crippen LogP) is 4.06. The van der Waals surface area contributed by atoms with E-state index < -0.39 is 0 Å². The molecule has 3 nitrogen and oxygen atoms in total. The lowest BCUT2D eigenvalue weighted by molar-refractivity contribution is 0.117. The maximum atomic E-state index is 9.79. The number of aryl methyl sites for hydroxylation is 1. The van der Waals surface area contributed by atoms with E-state index in [2.05, 4.69) is 41.3 Å². The summed E-state index contributed by atoms with van der Waals surface area (Å²) in [7, 11) is 0. The molecule has 0 saturated carbocycles. The Bertz CT molecular complexity index is 703. The largest absolute Gasteiger partial charge is 0.508 e. The average molecular weight is 351 g/mol. The number of nitrogens with zero attached hydrogens (tertiary/aromatic N) is 1. The van der Waals surface area contributed by atoms with Crippen molar-refractivity contribution in [1.82, 2.24) is 4.90 Å². The van der Waals surface area contributed by atoms with Crippen LogP contribution in [0.5, 0.6) is 5.75 Å². The van der Waals surface area contributed by atoms with Gasteiger partial charge >= 0.3 is 0 Å². The molecule has 4 rings (SSSR count). The summed E-state index contributed by atoms with van der Waals surface area (Å²) in [5.74, 6) is 0.969. The Kier molecular flexibility index (Phi) is 5.28. The van der Waals surface area contributed by atoms with Gasteiger partial charge in [-0.05, 0) is 67.7 Å². The van der Waals surface area contributed by atoms with E-state index in [1.807, 2.05) is 12.1 Å². The van der Waals surface area contributed by atoms with Gasteiger partial charge in [0.05, 0.1) is 0 Å². The van der Waals surface area contributed by atoms with Crippen LogP contribution in [0.3, 0.4) is 0 Å². The number of phenolic OH excluding ortho intramolecular Hbond substituents is 1. The number of rotatable bonds is 6. The summed E-state index contributed by atoms with van der Waals surface area (Å²) >= 11 is 0. The van der Waals surface area contributed by atoms with Gasteiger partial charge in [-0.25, -0.2) is 0 Å². The van der Waals surface area contributed by atoms with E-state index in [9.17, 15) is 5.11 Å². The van der Waals surface area contributed by atoms with Crippen LogP contribution >= 0.6 is 0 Å². The average Bonchev–Trinajstić information content (AvgIpc) is 2.89. The molecule has 2 fully saturated rings. The van der Waals surface area contributed by atoms with E-state index in [-0.39, 0.29) is 6.04 Å². The van der Waals surface area contributed by atoms with Gasteiger partial charge in [0.1, 0.15) is 5.75 Å². The summed E-state index contributed by atoms with van der Waals surface area (Å²) in [6.45, 7) is 1.02. The topological polar surface area (TPSA) is 49.5 Å². The van der Waals surface area contributed by atoms with Crippen LogP contribution in [0.4, 0.5) is 0 Å². The Morgan fingerprint density at radius 3 is 2.42 bits per heavy atom. The number of phenols is 1. The molecule has 138 valence electrons. The van der Waals surface area contributed by atoms with Crippen LogP contribution in [0.2, 0.25) is 0 Å². The van der Waals surface area contributed by atoms with Crippen molar-refractivity contribution in [3.63, 3.8) is 0 Å². The zero-order valence-electron chi connectivity index (χ0n) is 15.4.